The first-order valence-electron chi connectivity index (χ1n) is 4.46. The van der Waals surface area contributed by atoms with Crippen LogP contribution in [0.5, 0.6) is 0 Å². The van der Waals surface area contributed by atoms with E-state index in [2.05, 4.69) is 53.1 Å². The number of rotatable bonds is 0. The number of nitrogens with zero attached hydrogens (tertiary/aromatic N) is 1. The minimum absolute atomic E-state index is 1.08. The van der Waals surface area contributed by atoms with Crippen molar-refractivity contribution in [3.63, 3.8) is 0 Å². The molecule has 0 unspecified atom stereocenters. The van der Waals surface area contributed by atoms with E-state index in [1.54, 1.807) is 0 Å². The number of para-hydroxylation sites is 1. The van der Waals surface area contributed by atoms with E-state index in [9.17, 15) is 0 Å². The maximum atomic E-state index is 6.50. The molecule has 2 aromatic rings. The third-order valence-electron chi connectivity index (χ3n) is 2.41. The second kappa shape index (κ2) is 3.65. The highest BCUT2D eigenvalue weighted by molar-refractivity contribution is 5.84. The molecule has 0 radical (unpaired) electrons. The van der Waals surface area contributed by atoms with E-state index in [1.165, 1.54) is 16.6 Å². The lowest BCUT2D eigenvalue weighted by Crippen LogP contribution is -1.84. The van der Waals surface area contributed by atoms with Gasteiger partial charge in [0.25, 0.3) is 0 Å². The second-order valence-electron chi connectivity index (χ2n) is 3.15. The molecule has 0 amide bonds. The van der Waals surface area contributed by atoms with Crippen molar-refractivity contribution in [1.29, 1.82) is 0 Å². The van der Waals surface area contributed by atoms with Gasteiger partial charge in [0.1, 0.15) is 0 Å². The van der Waals surface area contributed by atoms with E-state index in [-0.39, 0.29) is 0 Å². The summed E-state index contributed by atoms with van der Waals surface area (Å²) in [5.41, 5.74) is 2.72. The number of aromatic nitrogens is 1. The molecule has 0 atom stereocenters. The summed E-state index contributed by atoms with van der Waals surface area (Å²) in [6, 6.07) is 10.8. The van der Waals surface area contributed by atoms with Gasteiger partial charge in [-0.1, -0.05) is 24.3 Å². The van der Waals surface area contributed by atoms with Crippen molar-refractivity contribution in [3.8, 4) is 0 Å². The van der Waals surface area contributed by atoms with Crippen LogP contribution in [-0.2, 0) is 6.42 Å². The van der Waals surface area contributed by atoms with Crippen LogP contribution < -0.4 is 5.90 Å². The molecule has 1 aliphatic heterocycles. The van der Waals surface area contributed by atoms with E-state index in [1.807, 2.05) is 0 Å². The number of hydrogen-bond acceptors (Lipinski definition) is 2. The minimum Gasteiger partial charge on any atom is -0.320 e. The zero-order valence-electron chi connectivity index (χ0n) is 7.72. The van der Waals surface area contributed by atoms with Gasteiger partial charge in [-0.2, -0.15) is 0 Å². The van der Waals surface area contributed by atoms with Crippen LogP contribution in [0.2, 0.25) is 0 Å². The van der Waals surface area contributed by atoms with E-state index >= 15 is 0 Å². The lowest BCUT2D eigenvalue weighted by atomic mass is 10.2. The zero-order valence-corrected chi connectivity index (χ0v) is 7.72. The SMILES string of the molecule is C1=Cn2c(cc3ccccc32)C1.NO. The Morgan fingerprint density at radius 3 is 2.86 bits per heavy atom. The molecular weight excluding hydrogens is 176 g/mol. The predicted octanol–water partition coefficient (Wildman–Crippen LogP) is 2.00. The van der Waals surface area contributed by atoms with Crippen molar-refractivity contribution in [2.45, 2.75) is 6.42 Å². The Balaban J connectivity index is 0.000000354. The predicted molar refractivity (Wildman–Crippen MR) is 56.9 cm³/mol. The molecule has 0 aliphatic carbocycles. The molecule has 14 heavy (non-hydrogen) atoms. The molecule has 72 valence electrons. The Labute approximate surface area is 82.0 Å². The fourth-order valence-corrected chi connectivity index (χ4v) is 1.84. The third-order valence-corrected chi connectivity index (χ3v) is 2.41. The molecule has 1 aromatic heterocycles. The Morgan fingerprint density at radius 2 is 2.00 bits per heavy atom. The molecule has 2 heterocycles. The summed E-state index contributed by atoms with van der Waals surface area (Å²) >= 11 is 0. The molecule has 3 rings (SSSR count). The molecule has 3 N–H and O–H groups in total. The van der Waals surface area contributed by atoms with Crippen molar-refractivity contribution in [3.05, 3.63) is 42.1 Å². The summed E-state index contributed by atoms with van der Waals surface area (Å²) in [5, 5.41) is 7.84. The van der Waals surface area contributed by atoms with Crippen molar-refractivity contribution in [1.82, 2.24) is 4.57 Å². The highest BCUT2D eigenvalue weighted by Crippen LogP contribution is 2.23. The molecule has 3 nitrogen and oxygen atoms in total. The van der Waals surface area contributed by atoms with Gasteiger partial charge in [0.05, 0.1) is 5.52 Å². The van der Waals surface area contributed by atoms with Gasteiger partial charge in [-0.15, -0.1) is 0 Å². The highest BCUT2D eigenvalue weighted by atomic mass is 16.4. The maximum absolute atomic E-state index is 6.50. The molecule has 0 saturated carbocycles. The van der Waals surface area contributed by atoms with Crippen molar-refractivity contribution >= 4 is 17.1 Å². The van der Waals surface area contributed by atoms with Crippen LogP contribution in [0.4, 0.5) is 0 Å². The average Bonchev–Trinajstić information content (AvgIpc) is 2.80. The standard InChI is InChI=1S/C11H9N.H3NO/c1-2-6-11-9(4-1)8-10-5-3-7-12(10)11;1-2/h1-4,6-8H,5H2;2H,1H2. The number of benzene rings is 1. The van der Waals surface area contributed by atoms with Crippen molar-refractivity contribution < 1.29 is 5.21 Å². The van der Waals surface area contributed by atoms with E-state index in [0.29, 0.717) is 0 Å². The van der Waals surface area contributed by atoms with E-state index in [4.69, 9.17) is 5.21 Å². The number of hydrogen-bond donors (Lipinski definition) is 2. The minimum atomic E-state index is 1.08. The van der Waals surface area contributed by atoms with Crippen LogP contribution in [0.1, 0.15) is 5.69 Å². The van der Waals surface area contributed by atoms with Gasteiger partial charge in [-0.3, -0.25) is 0 Å². The summed E-state index contributed by atoms with van der Waals surface area (Å²) in [7, 11) is 0. The Bertz CT molecular complexity index is 471. The fourth-order valence-electron chi connectivity index (χ4n) is 1.84. The molecule has 0 spiro atoms. The molecule has 1 aromatic carbocycles. The Hall–Kier alpha value is -1.58. The average molecular weight is 188 g/mol. The number of nitrogens with two attached hydrogens (primary N) is 1. The van der Waals surface area contributed by atoms with Gasteiger partial charge in [0.2, 0.25) is 0 Å². The second-order valence-corrected chi connectivity index (χ2v) is 3.15. The van der Waals surface area contributed by atoms with E-state index in [0.717, 1.165) is 6.42 Å². The molecule has 0 saturated heterocycles. The van der Waals surface area contributed by atoms with Crippen LogP contribution in [-0.4, -0.2) is 9.77 Å². The van der Waals surface area contributed by atoms with Gasteiger partial charge >= 0.3 is 0 Å². The first kappa shape index (κ1) is 8.99. The third kappa shape index (κ3) is 1.23. The van der Waals surface area contributed by atoms with Gasteiger partial charge in [-0.05, 0) is 12.1 Å². The van der Waals surface area contributed by atoms with Crippen molar-refractivity contribution in [2.24, 2.45) is 5.90 Å². The Kier molecular flexibility index (Phi) is 2.35. The molecule has 3 heteroatoms. The summed E-state index contributed by atoms with van der Waals surface area (Å²) in [4.78, 5) is 0. The normalized spacial score (nSPS) is 12.4. The quantitative estimate of drug-likeness (QED) is 0.621. The van der Waals surface area contributed by atoms with Gasteiger partial charge in [-0.25, -0.2) is 5.90 Å². The lowest BCUT2D eigenvalue weighted by molar-refractivity contribution is 0.311. The van der Waals surface area contributed by atoms with Gasteiger partial charge in [0.15, 0.2) is 0 Å². The largest absolute Gasteiger partial charge is 0.320 e. The van der Waals surface area contributed by atoms with Crippen LogP contribution in [0, 0.1) is 0 Å². The lowest BCUT2D eigenvalue weighted by Gasteiger charge is -1.95. The summed E-state index contributed by atoms with van der Waals surface area (Å²) < 4.78 is 2.26. The van der Waals surface area contributed by atoms with Gasteiger partial charge in [0, 0.05) is 23.7 Å². The van der Waals surface area contributed by atoms with E-state index < -0.39 is 0 Å². The summed E-state index contributed by atoms with van der Waals surface area (Å²) in [6.45, 7) is 0. The summed E-state index contributed by atoms with van der Waals surface area (Å²) in [5.74, 6) is 3.50. The van der Waals surface area contributed by atoms with Crippen LogP contribution in [0.25, 0.3) is 17.1 Å². The fraction of sp³-hybridized carbons (Fsp3) is 0.0909. The first-order valence-corrected chi connectivity index (χ1v) is 4.46. The molecule has 0 bridgehead atoms. The van der Waals surface area contributed by atoms with Crippen LogP contribution in [0.15, 0.2) is 36.4 Å². The number of allylic oxidation sites excluding steroid dienone is 1. The highest BCUT2D eigenvalue weighted by Gasteiger charge is 2.07. The number of fused-ring (bicyclic) bond motifs is 3. The smallest absolute Gasteiger partial charge is 0.0525 e. The van der Waals surface area contributed by atoms with Crippen LogP contribution >= 0.6 is 0 Å². The monoisotopic (exact) mass is 188 g/mol. The molecular formula is C11H12N2O. The van der Waals surface area contributed by atoms with Crippen LogP contribution in [0.3, 0.4) is 0 Å². The summed E-state index contributed by atoms with van der Waals surface area (Å²) in [6.07, 6.45) is 5.42. The zero-order chi connectivity index (χ0) is 9.97. The van der Waals surface area contributed by atoms with Crippen molar-refractivity contribution in [2.75, 3.05) is 0 Å². The maximum Gasteiger partial charge on any atom is 0.0525 e. The molecule has 0 fully saturated rings. The first-order chi connectivity index (χ1) is 6.95. The molecule has 1 aliphatic rings. The Morgan fingerprint density at radius 1 is 1.21 bits per heavy atom. The van der Waals surface area contributed by atoms with Gasteiger partial charge < -0.3 is 9.77 Å². The topological polar surface area (TPSA) is 51.2 Å².